The molecule has 6 amide bonds. The van der Waals surface area contributed by atoms with Gasteiger partial charge in [0.15, 0.2) is 0 Å². The number of primary amides is 1. The van der Waals surface area contributed by atoms with E-state index in [4.69, 9.17) is 35.8 Å². The number of ether oxygens (including phenoxy) is 4. The Morgan fingerprint density at radius 2 is 1.14 bits per heavy atom. The summed E-state index contributed by atoms with van der Waals surface area (Å²) in [6.45, 7) is 28.3. The first-order valence-corrected chi connectivity index (χ1v) is 28.8. The average molecular weight is 1170 g/mol. The van der Waals surface area contributed by atoms with Crippen molar-refractivity contribution in [2.24, 2.45) is 11.5 Å². The lowest BCUT2D eigenvalue weighted by Gasteiger charge is -2.36. The van der Waals surface area contributed by atoms with E-state index < -0.39 is 147 Å². The van der Waals surface area contributed by atoms with Crippen molar-refractivity contribution in [2.75, 3.05) is 18.1 Å². The summed E-state index contributed by atoms with van der Waals surface area (Å²) < 4.78 is 54.4. The van der Waals surface area contributed by atoms with Crippen LogP contribution in [0.3, 0.4) is 0 Å². The number of nitrogens with two attached hydrogens (primary N) is 2. The number of sulfonamides is 1. The van der Waals surface area contributed by atoms with Crippen LogP contribution in [0.25, 0.3) is 0 Å². The normalized spacial score (nSPS) is 16.8. The van der Waals surface area contributed by atoms with Gasteiger partial charge in [0, 0.05) is 24.3 Å². The molecular weight excluding hydrogens is 1080 g/mol. The smallest absolute Gasteiger partial charge is 0.326 e. The Kier molecular flexibility index (Phi) is 25.3. The largest absolute Gasteiger partial charge is 0.487 e. The summed E-state index contributed by atoms with van der Waals surface area (Å²) in [7, 11) is -4.35. The van der Waals surface area contributed by atoms with Crippen LogP contribution in [0.2, 0.25) is 0 Å². The summed E-state index contributed by atoms with van der Waals surface area (Å²) in [6.07, 6.45) is -4.44. The van der Waals surface area contributed by atoms with Crippen molar-refractivity contribution in [2.45, 2.75) is 225 Å². The fraction of sp³-hybridized carbons (Fsp3) is 0.712. The van der Waals surface area contributed by atoms with Crippen LogP contribution in [0.4, 0.5) is 0 Å². The summed E-state index contributed by atoms with van der Waals surface area (Å²) in [5.41, 5.74) is 10.3. The highest BCUT2D eigenvalue weighted by Gasteiger charge is 2.42. The third kappa shape index (κ3) is 22.6. The van der Waals surface area contributed by atoms with E-state index in [1.165, 1.54) is 20.8 Å². The molecule has 0 aliphatic carbocycles. The van der Waals surface area contributed by atoms with Crippen molar-refractivity contribution in [3.8, 4) is 5.75 Å². The highest BCUT2D eigenvalue weighted by atomic mass is 32.2. The number of benzene rings is 1. The molecule has 0 unspecified atom stereocenters. The molecule has 0 aromatic heterocycles. The van der Waals surface area contributed by atoms with Crippen molar-refractivity contribution in [1.82, 2.24) is 36.6 Å². The molecule has 80 heavy (non-hydrogen) atoms. The molecule has 454 valence electrons. The summed E-state index contributed by atoms with van der Waals surface area (Å²) in [5.74, 6) is -9.02. The highest BCUT2D eigenvalue weighted by Crippen LogP contribution is 2.43. The van der Waals surface area contributed by atoms with Crippen molar-refractivity contribution in [3.05, 3.63) is 22.3 Å². The second kappa shape index (κ2) is 28.7. The molecule has 0 radical (unpaired) electrons. The molecule has 2 rings (SSSR count). The van der Waals surface area contributed by atoms with Crippen LogP contribution in [0.15, 0.2) is 4.90 Å². The number of fused-ring (bicyclic) bond motifs is 1. The zero-order chi connectivity index (χ0) is 61.8. The Morgan fingerprint density at radius 3 is 1.56 bits per heavy atom. The molecule has 0 fully saturated rings. The van der Waals surface area contributed by atoms with Crippen molar-refractivity contribution < 1.29 is 75.9 Å². The first kappa shape index (κ1) is 70.3. The zero-order valence-electron chi connectivity index (χ0n) is 49.2. The molecule has 28 heteroatoms. The molecule has 9 atom stereocenters. The number of carboxylic acid groups (broad SMARTS) is 2. The molecule has 0 saturated heterocycles. The van der Waals surface area contributed by atoms with Crippen LogP contribution >= 0.6 is 11.8 Å². The first-order chi connectivity index (χ1) is 36.4. The zero-order valence-corrected chi connectivity index (χ0v) is 50.9. The predicted octanol–water partition coefficient (Wildman–Crippen LogP) is 1.05. The lowest BCUT2D eigenvalue weighted by Crippen LogP contribution is -2.65. The van der Waals surface area contributed by atoms with Crippen LogP contribution in [0, 0.1) is 26.2 Å². The molecule has 0 spiro atoms. The average Bonchev–Trinajstić information content (AvgIpc) is 3.61. The number of hydrogen-bond acceptors (Lipinski definition) is 17. The Morgan fingerprint density at radius 1 is 0.700 bits per heavy atom. The number of guanidine groups is 1. The van der Waals surface area contributed by atoms with Gasteiger partial charge in [-0.3, -0.25) is 39.0 Å². The number of aliphatic carboxylic acids is 2. The minimum absolute atomic E-state index is 0.0180. The predicted molar refractivity (Wildman–Crippen MR) is 299 cm³/mol. The van der Waals surface area contributed by atoms with E-state index >= 15 is 0 Å². The van der Waals surface area contributed by atoms with Gasteiger partial charge in [0.05, 0.1) is 58.2 Å². The number of hydrogen-bond donors (Lipinski definition) is 12. The molecule has 1 aliphatic rings. The van der Waals surface area contributed by atoms with Crippen LogP contribution in [-0.4, -0.2) is 167 Å². The molecule has 26 nitrogen and oxygen atoms in total. The Labute approximate surface area is 474 Å². The first-order valence-electron chi connectivity index (χ1n) is 26.1. The minimum atomic E-state index is -4.35. The highest BCUT2D eigenvalue weighted by molar-refractivity contribution is 8.00. The fourth-order valence-corrected chi connectivity index (χ4v) is 11.0. The Bertz CT molecular complexity index is 2560. The van der Waals surface area contributed by atoms with Gasteiger partial charge in [0.1, 0.15) is 41.6 Å². The maximum absolute atomic E-state index is 14.7. The summed E-state index contributed by atoms with van der Waals surface area (Å²) in [6, 6.07) is -9.66. The van der Waals surface area contributed by atoms with Crippen molar-refractivity contribution in [3.63, 3.8) is 0 Å². The Balaban J connectivity index is 2.58. The SMILES string of the molecule is Cc1c(C)c(S(=O)(=O)NC(=N)NCCC[C@H](NC(=O)[C@@H](NC(=O)[C@@H](NC(=O)[C@@H](NC(=O)[C@@H](N)CSCC(N)=O)[C@@H](C)OC(C)(C)C)[C@@H](C)OC(C)(C)C)[C@@H](C)OC(C)(C)C)C(=O)N[C@@H](CC(=O)O)C(=O)O)c(C)c2c1OC(C)(C)C2. The van der Waals surface area contributed by atoms with Gasteiger partial charge >= 0.3 is 11.9 Å². The summed E-state index contributed by atoms with van der Waals surface area (Å²) in [4.78, 5) is 106. The second-order valence-corrected chi connectivity index (χ2v) is 26.2. The molecule has 14 N–H and O–H groups in total. The number of amides is 6. The van der Waals surface area contributed by atoms with Gasteiger partial charge in [0.25, 0.3) is 10.0 Å². The lowest BCUT2D eigenvalue weighted by molar-refractivity contribution is -0.148. The summed E-state index contributed by atoms with van der Waals surface area (Å²) >= 11 is 1.00. The molecule has 0 bridgehead atoms. The van der Waals surface area contributed by atoms with Gasteiger partial charge in [-0.25, -0.2) is 17.9 Å². The van der Waals surface area contributed by atoms with Gasteiger partial charge in [-0.2, -0.15) is 0 Å². The van der Waals surface area contributed by atoms with Crippen molar-refractivity contribution in [1.29, 1.82) is 5.41 Å². The summed E-state index contributed by atoms with van der Waals surface area (Å²) in [5, 5.41) is 42.9. The van der Waals surface area contributed by atoms with Gasteiger partial charge in [-0.15, -0.1) is 11.8 Å². The monoisotopic (exact) mass is 1170 g/mol. The maximum Gasteiger partial charge on any atom is 0.326 e. The number of carboxylic acids is 2. The van der Waals surface area contributed by atoms with E-state index in [1.807, 2.05) is 13.8 Å². The topological polar surface area (TPSA) is 408 Å². The molecule has 1 aromatic carbocycles. The number of carbonyl (C=O) groups is 8. The van der Waals surface area contributed by atoms with Gasteiger partial charge in [0.2, 0.25) is 41.4 Å². The van der Waals surface area contributed by atoms with Crippen molar-refractivity contribution >= 4 is 75.1 Å². The van der Waals surface area contributed by atoms with Crippen LogP contribution in [-0.2, 0) is 69.0 Å². The number of carbonyl (C=O) groups excluding carboxylic acids is 6. The molecule has 1 aliphatic heterocycles. The quantitative estimate of drug-likeness (QED) is 0.0303. The second-order valence-electron chi connectivity index (χ2n) is 23.5. The van der Waals surface area contributed by atoms with E-state index in [-0.39, 0.29) is 35.8 Å². The van der Waals surface area contributed by atoms with Crippen LogP contribution in [0.1, 0.15) is 138 Å². The van der Waals surface area contributed by atoms with Crippen LogP contribution < -0.4 is 52.8 Å². The number of rotatable bonds is 29. The standard InChI is InChI=1S/C52H88N10O16S2/c1-25-26(2)41(27(3)31-22-52(16,17)78-40(25)31)80(73,74)62-48(55)56-20-18-19-33(43(67)58-34(47(71)72)21-36(64)65)57-44(68)37(28(4)75-49(7,8)9)60-46(70)39(30(6)77-51(13,14)15)61-45(69)38(29(5)76-50(10,11)12)59-42(66)32(53)23-79-24-35(54)63/h28-30,32-34,37-39H,18-24,53H2,1-17H3,(H2,54,63)(H,57,68)(H,58,67)(H,59,66)(H,60,70)(H,61,69)(H,64,65)(H,71,72)(H3,55,56,62)/t28-,29-,30-,32+,33+,34+,37+,38+,39+/m1/s1. The van der Waals surface area contributed by atoms with Gasteiger partial charge in [-0.1, -0.05) is 0 Å². The fourth-order valence-electron chi connectivity index (χ4n) is 8.74. The third-order valence-corrected chi connectivity index (χ3v) is 14.7. The molecule has 1 heterocycles. The lowest BCUT2D eigenvalue weighted by atomic mass is 9.94. The van der Waals surface area contributed by atoms with E-state index in [0.717, 1.165) is 17.3 Å². The number of thioether (sulfide) groups is 1. The molecular formula is C52H88N10O16S2. The molecule has 0 saturated carbocycles. The van der Waals surface area contributed by atoms with E-state index in [1.54, 1.807) is 83.1 Å². The molecule has 1 aromatic rings. The maximum atomic E-state index is 14.7. The number of nitrogens with one attached hydrogen (secondary N) is 8. The van der Waals surface area contributed by atoms with Gasteiger partial charge in [-0.05, 0) is 147 Å². The van der Waals surface area contributed by atoms with E-state index in [0.29, 0.717) is 28.9 Å². The van der Waals surface area contributed by atoms with Crippen LogP contribution in [0.5, 0.6) is 5.75 Å². The van der Waals surface area contributed by atoms with E-state index in [2.05, 4.69) is 36.6 Å². The van der Waals surface area contributed by atoms with E-state index in [9.17, 15) is 57.0 Å². The third-order valence-electron chi connectivity index (χ3n) is 12.0. The van der Waals surface area contributed by atoms with Gasteiger partial charge < -0.3 is 72.5 Å². The minimum Gasteiger partial charge on any atom is -0.487 e. The Hall–Kier alpha value is -5.81.